The van der Waals surface area contributed by atoms with E-state index in [4.69, 9.17) is 4.74 Å². The van der Waals surface area contributed by atoms with Crippen LogP contribution in [0.15, 0.2) is 0 Å². The normalized spacial score (nSPS) is 33.5. The molecule has 0 N–H and O–H groups in total. The van der Waals surface area contributed by atoms with Gasteiger partial charge in [-0.2, -0.15) is 0 Å². The highest BCUT2D eigenvalue weighted by atomic mass is 16.5. The highest BCUT2D eigenvalue weighted by molar-refractivity contribution is 6.01. The van der Waals surface area contributed by atoms with Crippen molar-refractivity contribution < 1.29 is 14.3 Å². The number of ketones is 1. The van der Waals surface area contributed by atoms with Crippen molar-refractivity contribution in [1.29, 1.82) is 0 Å². The first-order valence-corrected chi connectivity index (χ1v) is 11.5. The number of carbonyl (C=O) groups excluding carboxylic acids is 2. The fraction of sp³-hybridized carbons (Fsp3) is 0.913. The monoisotopic (exact) mass is 377 g/mol. The average molecular weight is 378 g/mol. The van der Waals surface area contributed by atoms with Gasteiger partial charge in [0.25, 0.3) is 0 Å². The largest absolute Gasteiger partial charge is 0.355 e. The van der Waals surface area contributed by atoms with Crippen LogP contribution in [-0.4, -0.2) is 35.5 Å². The predicted molar refractivity (Wildman–Crippen MR) is 107 cm³/mol. The van der Waals surface area contributed by atoms with Gasteiger partial charge in [-0.05, 0) is 57.3 Å². The minimum atomic E-state index is -0.469. The molecule has 154 valence electrons. The van der Waals surface area contributed by atoms with Gasteiger partial charge in [0.05, 0.1) is 12.5 Å². The summed E-state index contributed by atoms with van der Waals surface area (Å²) in [6.07, 6.45) is 14.7. The summed E-state index contributed by atoms with van der Waals surface area (Å²) in [4.78, 5) is 28.5. The number of hydrogen-bond donors (Lipinski definition) is 0. The van der Waals surface area contributed by atoms with Crippen molar-refractivity contribution in [3.63, 3.8) is 0 Å². The fourth-order valence-electron chi connectivity index (χ4n) is 5.66. The van der Waals surface area contributed by atoms with Crippen LogP contribution in [0.5, 0.6) is 0 Å². The number of fused-ring (bicyclic) bond motifs is 4. The molecule has 3 rings (SSSR count). The molecule has 4 nitrogen and oxygen atoms in total. The van der Waals surface area contributed by atoms with Crippen molar-refractivity contribution in [2.75, 3.05) is 13.2 Å². The van der Waals surface area contributed by atoms with Crippen LogP contribution in [0.25, 0.3) is 0 Å². The standard InChI is InChI=1S/C23H39NO3/c1-18-17-27-23(14-10-8-11-15-23)24-16-12-7-5-3-4-6-9-13-20(18)21(19(2)25)22(24)26/h18,20-21H,3-17H2,1-2H3/t18-,20-,21-/m1/s1. The summed E-state index contributed by atoms with van der Waals surface area (Å²) in [5.74, 6) is 0.0429. The molecule has 0 unspecified atom stereocenters. The third-order valence-electron chi connectivity index (χ3n) is 7.29. The predicted octanol–water partition coefficient (Wildman–Crippen LogP) is 5.10. The Hall–Kier alpha value is -0.900. The number of carbonyl (C=O) groups is 2. The van der Waals surface area contributed by atoms with Gasteiger partial charge < -0.3 is 9.64 Å². The summed E-state index contributed by atoms with van der Waals surface area (Å²) in [5, 5.41) is 0. The average Bonchev–Trinajstić information content (AvgIpc) is 2.66. The molecule has 3 atom stereocenters. The SMILES string of the molecule is CC(=O)[C@H]1C(=O)N2CCCCCCCCC[C@@H]1[C@H](C)COC21CCCCC1. The third-order valence-corrected chi connectivity index (χ3v) is 7.29. The van der Waals surface area contributed by atoms with Crippen LogP contribution in [0.1, 0.15) is 97.3 Å². The van der Waals surface area contributed by atoms with E-state index >= 15 is 0 Å². The second-order valence-corrected chi connectivity index (χ2v) is 9.30. The summed E-state index contributed by atoms with van der Waals surface area (Å²) >= 11 is 0. The molecule has 1 amide bonds. The molecular formula is C23H39NO3. The number of ether oxygens (including phenoxy) is 1. The van der Waals surface area contributed by atoms with Crippen molar-refractivity contribution in [2.45, 2.75) is 103 Å². The van der Waals surface area contributed by atoms with Crippen molar-refractivity contribution in [2.24, 2.45) is 17.8 Å². The van der Waals surface area contributed by atoms with E-state index in [9.17, 15) is 9.59 Å². The fourth-order valence-corrected chi connectivity index (χ4v) is 5.66. The lowest BCUT2D eigenvalue weighted by atomic mass is 9.75. The molecule has 1 spiro atoms. The van der Waals surface area contributed by atoms with E-state index in [1.807, 2.05) is 4.90 Å². The van der Waals surface area contributed by atoms with Crippen LogP contribution >= 0.6 is 0 Å². The van der Waals surface area contributed by atoms with Gasteiger partial charge in [0.2, 0.25) is 5.91 Å². The molecule has 4 heteroatoms. The molecule has 0 aromatic carbocycles. The Morgan fingerprint density at radius 2 is 1.56 bits per heavy atom. The number of rotatable bonds is 1. The van der Waals surface area contributed by atoms with Crippen LogP contribution in [0, 0.1) is 17.8 Å². The van der Waals surface area contributed by atoms with Gasteiger partial charge in [0.1, 0.15) is 11.5 Å². The van der Waals surface area contributed by atoms with E-state index in [0.29, 0.717) is 6.61 Å². The quantitative estimate of drug-likeness (QED) is 0.597. The summed E-state index contributed by atoms with van der Waals surface area (Å²) < 4.78 is 6.59. The van der Waals surface area contributed by atoms with E-state index in [-0.39, 0.29) is 23.5 Å². The molecule has 1 saturated carbocycles. The molecule has 0 aromatic rings. The maximum atomic E-state index is 13.8. The zero-order valence-electron chi connectivity index (χ0n) is 17.5. The minimum absolute atomic E-state index is 0.0598. The molecule has 0 aromatic heterocycles. The van der Waals surface area contributed by atoms with E-state index < -0.39 is 11.6 Å². The maximum Gasteiger partial charge on any atom is 0.235 e. The van der Waals surface area contributed by atoms with Crippen LogP contribution in [0.4, 0.5) is 0 Å². The van der Waals surface area contributed by atoms with Crippen molar-refractivity contribution in [3.05, 3.63) is 0 Å². The highest BCUT2D eigenvalue weighted by Gasteiger charge is 2.49. The molecule has 2 bridgehead atoms. The van der Waals surface area contributed by atoms with E-state index in [2.05, 4.69) is 6.92 Å². The molecule has 3 aliphatic rings. The van der Waals surface area contributed by atoms with Gasteiger partial charge in [-0.3, -0.25) is 9.59 Å². The summed E-state index contributed by atoms with van der Waals surface area (Å²) in [6.45, 7) is 5.26. The Bertz CT molecular complexity index is 512. The number of amides is 1. The van der Waals surface area contributed by atoms with Crippen LogP contribution in [0.3, 0.4) is 0 Å². The Kier molecular flexibility index (Phi) is 7.35. The lowest BCUT2D eigenvalue weighted by molar-refractivity contribution is -0.208. The smallest absolute Gasteiger partial charge is 0.235 e. The van der Waals surface area contributed by atoms with Gasteiger partial charge in [-0.25, -0.2) is 0 Å². The first-order chi connectivity index (χ1) is 13.1. The van der Waals surface area contributed by atoms with Crippen molar-refractivity contribution in [3.8, 4) is 0 Å². The lowest BCUT2D eigenvalue weighted by Gasteiger charge is -2.50. The summed E-state index contributed by atoms with van der Waals surface area (Å²) in [5.41, 5.74) is -0.456. The Morgan fingerprint density at radius 1 is 0.963 bits per heavy atom. The first kappa shape index (κ1) is 20.8. The lowest BCUT2D eigenvalue weighted by Crippen LogP contribution is -2.60. The van der Waals surface area contributed by atoms with Gasteiger partial charge >= 0.3 is 0 Å². The Labute approximate surface area is 165 Å². The van der Waals surface area contributed by atoms with Gasteiger partial charge in [-0.1, -0.05) is 51.9 Å². The number of nitrogens with zero attached hydrogens (tertiary/aromatic N) is 1. The van der Waals surface area contributed by atoms with E-state index in [1.54, 1.807) is 6.92 Å². The van der Waals surface area contributed by atoms with Crippen molar-refractivity contribution >= 4 is 11.7 Å². The van der Waals surface area contributed by atoms with Gasteiger partial charge in [-0.15, -0.1) is 0 Å². The molecule has 2 heterocycles. The Morgan fingerprint density at radius 3 is 2.22 bits per heavy atom. The molecule has 27 heavy (non-hydrogen) atoms. The summed E-state index contributed by atoms with van der Waals surface area (Å²) in [7, 11) is 0. The van der Waals surface area contributed by atoms with Gasteiger partial charge in [0.15, 0.2) is 0 Å². The number of Topliss-reactive ketones (excluding diaryl/α,β-unsaturated/α-hetero) is 1. The highest BCUT2D eigenvalue weighted by Crippen LogP contribution is 2.41. The van der Waals surface area contributed by atoms with Crippen LogP contribution in [0.2, 0.25) is 0 Å². The molecule has 0 radical (unpaired) electrons. The zero-order valence-corrected chi connectivity index (χ0v) is 17.5. The molecule has 2 aliphatic heterocycles. The van der Waals surface area contributed by atoms with Crippen LogP contribution < -0.4 is 0 Å². The second-order valence-electron chi connectivity index (χ2n) is 9.30. The third kappa shape index (κ3) is 4.75. The van der Waals surface area contributed by atoms with Gasteiger partial charge in [0, 0.05) is 6.54 Å². The molecular weight excluding hydrogens is 338 g/mol. The first-order valence-electron chi connectivity index (χ1n) is 11.5. The minimum Gasteiger partial charge on any atom is -0.355 e. The van der Waals surface area contributed by atoms with E-state index in [0.717, 1.165) is 51.5 Å². The maximum absolute atomic E-state index is 13.8. The molecule has 3 fully saturated rings. The van der Waals surface area contributed by atoms with E-state index in [1.165, 1.54) is 38.5 Å². The zero-order chi connectivity index (χ0) is 19.3. The molecule has 1 aliphatic carbocycles. The van der Waals surface area contributed by atoms with Crippen LogP contribution in [-0.2, 0) is 14.3 Å². The topological polar surface area (TPSA) is 46.6 Å². The Balaban J connectivity index is 1.96. The number of hydrogen-bond acceptors (Lipinski definition) is 3. The molecule has 2 saturated heterocycles. The second kappa shape index (κ2) is 9.54. The van der Waals surface area contributed by atoms with Crippen molar-refractivity contribution in [1.82, 2.24) is 4.90 Å². The summed E-state index contributed by atoms with van der Waals surface area (Å²) in [6, 6.07) is 0.